The highest BCUT2D eigenvalue weighted by atomic mass is 31.1. The highest BCUT2D eigenvalue weighted by Gasteiger charge is 2.30. The molecule has 0 saturated carbocycles. The summed E-state index contributed by atoms with van der Waals surface area (Å²) in [5.41, 5.74) is 1.10. The third-order valence-corrected chi connectivity index (χ3v) is 2.45. The van der Waals surface area contributed by atoms with Crippen molar-refractivity contribution in [3.63, 3.8) is 0 Å². The second kappa shape index (κ2) is 2.81. The fourth-order valence-electron chi connectivity index (χ4n) is 0.974. The summed E-state index contributed by atoms with van der Waals surface area (Å²) >= 11 is 0. The third kappa shape index (κ3) is 1.89. The summed E-state index contributed by atoms with van der Waals surface area (Å²) in [7, 11) is 0.446. The number of hydrogen-bond acceptors (Lipinski definition) is 1. The molecule has 0 saturated heterocycles. The SMILES string of the molecule is FC(F)(F)c1ccc(C2=NP2)cc1. The first-order valence-corrected chi connectivity index (χ1v) is 4.53. The zero-order chi connectivity index (χ0) is 9.47. The van der Waals surface area contributed by atoms with Crippen molar-refractivity contribution in [1.29, 1.82) is 0 Å². The van der Waals surface area contributed by atoms with Gasteiger partial charge in [0.05, 0.1) is 19.7 Å². The molecule has 0 aromatic heterocycles. The number of halogens is 3. The Hall–Kier alpha value is -0.890. The molecule has 1 atom stereocenters. The molecular formula is C8H5F3NP. The van der Waals surface area contributed by atoms with E-state index in [2.05, 4.69) is 4.76 Å². The maximum absolute atomic E-state index is 12.1. The predicted molar refractivity (Wildman–Crippen MR) is 46.3 cm³/mol. The lowest BCUT2D eigenvalue weighted by molar-refractivity contribution is -0.137. The Kier molecular flexibility index (Phi) is 1.88. The number of alkyl halides is 3. The molecule has 1 nitrogen and oxygen atoms in total. The van der Waals surface area contributed by atoms with Gasteiger partial charge in [0.15, 0.2) is 0 Å². The minimum Gasteiger partial charge on any atom is -0.256 e. The van der Waals surface area contributed by atoms with Gasteiger partial charge in [-0.2, -0.15) is 13.2 Å². The van der Waals surface area contributed by atoms with Crippen molar-refractivity contribution in [1.82, 2.24) is 0 Å². The number of benzene rings is 1. The second-order valence-corrected chi connectivity index (χ2v) is 3.57. The van der Waals surface area contributed by atoms with Crippen LogP contribution < -0.4 is 0 Å². The smallest absolute Gasteiger partial charge is 0.256 e. The van der Waals surface area contributed by atoms with Gasteiger partial charge in [0.25, 0.3) is 0 Å². The fraction of sp³-hybridized carbons (Fsp3) is 0.125. The van der Waals surface area contributed by atoms with Crippen molar-refractivity contribution in [3.05, 3.63) is 35.4 Å². The highest BCUT2D eigenvalue weighted by Crippen LogP contribution is 2.37. The molecule has 0 amide bonds. The van der Waals surface area contributed by atoms with Crippen molar-refractivity contribution in [3.8, 4) is 0 Å². The fourth-order valence-corrected chi connectivity index (χ4v) is 1.45. The molecule has 0 fully saturated rings. The van der Waals surface area contributed by atoms with Gasteiger partial charge in [-0.15, -0.1) is 0 Å². The molecule has 68 valence electrons. The topological polar surface area (TPSA) is 12.4 Å². The van der Waals surface area contributed by atoms with E-state index in [1.165, 1.54) is 12.1 Å². The summed E-state index contributed by atoms with van der Waals surface area (Å²) in [6.45, 7) is 0. The summed E-state index contributed by atoms with van der Waals surface area (Å²) in [5.74, 6) is 0. The normalized spacial score (nSPS) is 17.3. The van der Waals surface area contributed by atoms with Gasteiger partial charge in [0.2, 0.25) is 0 Å². The second-order valence-electron chi connectivity index (χ2n) is 2.65. The molecule has 0 bridgehead atoms. The average Bonchev–Trinajstić information content (AvgIpc) is 2.85. The van der Waals surface area contributed by atoms with E-state index in [-0.39, 0.29) is 0 Å². The van der Waals surface area contributed by atoms with Gasteiger partial charge in [-0.3, -0.25) is 4.76 Å². The van der Waals surface area contributed by atoms with E-state index in [4.69, 9.17) is 0 Å². The van der Waals surface area contributed by atoms with Crippen molar-refractivity contribution in [2.75, 3.05) is 0 Å². The minimum absolute atomic E-state index is 0.446. The molecule has 0 aliphatic carbocycles. The van der Waals surface area contributed by atoms with E-state index < -0.39 is 11.7 Å². The first-order valence-electron chi connectivity index (χ1n) is 3.59. The van der Waals surface area contributed by atoms with E-state index in [0.717, 1.165) is 23.1 Å². The molecule has 0 radical (unpaired) electrons. The number of rotatable bonds is 1. The Bertz CT molecular complexity index is 353. The van der Waals surface area contributed by atoms with Crippen molar-refractivity contribution in [2.24, 2.45) is 4.76 Å². The zero-order valence-electron chi connectivity index (χ0n) is 6.39. The molecule has 5 heteroatoms. The van der Waals surface area contributed by atoms with E-state index in [1.54, 1.807) is 0 Å². The molecule has 0 N–H and O–H groups in total. The lowest BCUT2D eigenvalue weighted by Gasteiger charge is -2.05. The quantitative estimate of drug-likeness (QED) is 0.622. The Morgan fingerprint density at radius 3 is 2.00 bits per heavy atom. The first-order chi connectivity index (χ1) is 6.07. The summed E-state index contributed by atoms with van der Waals surface area (Å²) < 4.78 is 40.3. The summed E-state index contributed by atoms with van der Waals surface area (Å²) in [4.78, 5) is 0. The first kappa shape index (κ1) is 8.70. The molecule has 13 heavy (non-hydrogen) atoms. The van der Waals surface area contributed by atoms with Gasteiger partial charge < -0.3 is 0 Å². The number of nitrogens with zero attached hydrogens (tertiary/aromatic N) is 1. The van der Waals surface area contributed by atoms with Crippen molar-refractivity contribution in [2.45, 2.75) is 6.18 Å². The third-order valence-electron chi connectivity index (χ3n) is 1.71. The molecule has 1 heterocycles. The molecule has 1 aliphatic rings. The molecule has 0 spiro atoms. The van der Waals surface area contributed by atoms with Gasteiger partial charge in [0, 0.05) is 5.56 Å². The molecular weight excluding hydrogens is 198 g/mol. The minimum atomic E-state index is -4.24. The van der Waals surface area contributed by atoms with Gasteiger partial charge in [-0.25, -0.2) is 0 Å². The van der Waals surface area contributed by atoms with Crippen LogP contribution in [0.15, 0.2) is 29.0 Å². The standard InChI is InChI=1S/C8H5F3NP/c9-8(10,11)6-3-1-5(2-4-6)7-12-13-7/h1-4,13H. The van der Waals surface area contributed by atoms with Crippen LogP contribution in [0, 0.1) is 0 Å². The van der Waals surface area contributed by atoms with E-state index in [0.29, 0.717) is 8.73 Å². The van der Waals surface area contributed by atoms with Gasteiger partial charge in [0.1, 0.15) is 0 Å². The summed E-state index contributed by atoms with van der Waals surface area (Å²) in [5, 5.41) is 0. The highest BCUT2D eigenvalue weighted by molar-refractivity contribution is 7.67. The van der Waals surface area contributed by atoms with E-state index in [1.807, 2.05) is 0 Å². The van der Waals surface area contributed by atoms with Crippen LogP contribution in [0.2, 0.25) is 0 Å². The monoisotopic (exact) mass is 203 g/mol. The number of hydrogen-bond donors (Lipinski definition) is 0. The van der Waals surface area contributed by atoms with Crippen molar-refractivity contribution >= 4 is 14.2 Å². The lowest BCUT2D eigenvalue weighted by Crippen LogP contribution is -2.04. The van der Waals surface area contributed by atoms with Crippen LogP contribution in [0.5, 0.6) is 0 Å². The molecule has 1 unspecified atom stereocenters. The van der Waals surface area contributed by atoms with Crippen LogP contribution in [-0.4, -0.2) is 5.45 Å². The molecule has 1 aliphatic heterocycles. The Morgan fingerprint density at radius 1 is 1.08 bits per heavy atom. The molecule has 1 aromatic carbocycles. The van der Waals surface area contributed by atoms with Crippen LogP contribution in [0.3, 0.4) is 0 Å². The van der Waals surface area contributed by atoms with Gasteiger partial charge in [-0.1, -0.05) is 12.1 Å². The van der Waals surface area contributed by atoms with E-state index in [9.17, 15) is 13.2 Å². The lowest BCUT2D eigenvalue weighted by atomic mass is 10.1. The van der Waals surface area contributed by atoms with Crippen LogP contribution in [0.1, 0.15) is 11.1 Å². The zero-order valence-corrected chi connectivity index (χ0v) is 7.39. The van der Waals surface area contributed by atoms with Crippen LogP contribution in [-0.2, 0) is 6.18 Å². The van der Waals surface area contributed by atoms with Crippen molar-refractivity contribution < 1.29 is 13.2 Å². The average molecular weight is 203 g/mol. The van der Waals surface area contributed by atoms with Crippen LogP contribution in [0.25, 0.3) is 0 Å². The van der Waals surface area contributed by atoms with Gasteiger partial charge >= 0.3 is 6.18 Å². The van der Waals surface area contributed by atoms with E-state index >= 15 is 0 Å². The summed E-state index contributed by atoms with van der Waals surface area (Å²) in [6, 6.07) is 5.09. The van der Waals surface area contributed by atoms with Gasteiger partial charge in [-0.05, 0) is 12.1 Å². The summed E-state index contributed by atoms with van der Waals surface area (Å²) in [6.07, 6.45) is -4.24. The predicted octanol–water partition coefficient (Wildman–Crippen LogP) is 3.06. The van der Waals surface area contributed by atoms with Crippen LogP contribution in [0.4, 0.5) is 13.2 Å². The Morgan fingerprint density at radius 2 is 1.62 bits per heavy atom. The Balaban J connectivity index is 2.28. The maximum atomic E-state index is 12.1. The van der Waals surface area contributed by atoms with Crippen LogP contribution >= 0.6 is 8.73 Å². The maximum Gasteiger partial charge on any atom is 0.416 e. The largest absolute Gasteiger partial charge is 0.416 e. The molecule has 1 aromatic rings. The molecule has 2 rings (SSSR count). The Labute approximate surface area is 74.5 Å².